The van der Waals surface area contributed by atoms with E-state index < -0.39 is 0 Å². The average Bonchev–Trinajstić information content (AvgIpc) is 3.07. The van der Waals surface area contributed by atoms with Gasteiger partial charge in [-0.25, -0.2) is 0 Å². The first-order chi connectivity index (χ1) is 12.0. The Labute approximate surface area is 152 Å². The molecule has 1 heterocycles. The van der Waals surface area contributed by atoms with Crippen LogP contribution in [0.3, 0.4) is 0 Å². The van der Waals surface area contributed by atoms with Crippen molar-refractivity contribution < 1.29 is 9.59 Å². The van der Waals surface area contributed by atoms with Crippen LogP contribution in [0.25, 0.3) is 0 Å². The highest BCUT2D eigenvalue weighted by atomic mass is 35.5. The molecule has 2 aromatic carbocycles. The lowest BCUT2D eigenvalue weighted by atomic mass is 10.1. The Balaban J connectivity index is 1.58. The van der Waals surface area contributed by atoms with Crippen LogP contribution in [0.15, 0.2) is 48.5 Å². The van der Waals surface area contributed by atoms with E-state index in [4.69, 9.17) is 11.6 Å². The second kappa shape index (κ2) is 7.70. The van der Waals surface area contributed by atoms with Gasteiger partial charge in [-0.2, -0.15) is 0 Å². The number of carbonyl (C=O) groups excluding carboxylic acids is 2. The summed E-state index contributed by atoms with van der Waals surface area (Å²) >= 11 is 5.85. The van der Waals surface area contributed by atoms with Crippen molar-refractivity contribution in [2.24, 2.45) is 5.92 Å². The van der Waals surface area contributed by atoms with Gasteiger partial charge in [0.1, 0.15) is 0 Å². The lowest BCUT2D eigenvalue weighted by molar-refractivity contribution is 0.0787. The number of benzene rings is 2. The highest BCUT2D eigenvalue weighted by molar-refractivity contribution is 6.30. The summed E-state index contributed by atoms with van der Waals surface area (Å²) in [5.41, 5.74) is 2.15. The van der Waals surface area contributed by atoms with Crippen LogP contribution in [0.2, 0.25) is 5.02 Å². The van der Waals surface area contributed by atoms with Crippen LogP contribution in [-0.4, -0.2) is 29.8 Å². The molecule has 1 unspecified atom stereocenters. The molecular weight excluding hydrogens is 336 g/mol. The Kier molecular flexibility index (Phi) is 5.39. The first-order valence-electron chi connectivity index (χ1n) is 8.45. The zero-order valence-corrected chi connectivity index (χ0v) is 14.9. The Morgan fingerprint density at radius 1 is 1.08 bits per heavy atom. The number of nitrogens with one attached hydrogen (secondary N) is 1. The van der Waals surface area contributed by atoms with Crippen LogP contribution < -0.4 is 5.32 Å². The third-order valence-corrected chi connectivity index (χ3v) is 4.72. The summed E-state index contributed by atoms with van der Waals surface area (Å²) < 4.78 is 0. The van der Waals surface area contributed by atoms with E-state index in [2.05, 4.69) is 12.2 Å². The van der Waals surface area contributed by atoms with E-state index in [1.54, 1.807) is 36.4 Å². The molecule has 4 nitrogen and oxygen atoms in total. The van der Waals surface area contributed by atoms with Crippen LogP contribution in [0.4, 0.5) is 0 Å². The topological polar surface area (TPSA) is 49.4 Å². The van der Waals surface area contributed by atoms with Gasteiger partial charge in [0.2, 0.25) is 0 Å². The molecule has 0 bridgehead atoms. The van der Waals surface area contributed by atoms with Crippen molar-refractivity contribution in [1.82, 2.24) is 10.2 Å². The number of carbonyl (C=O) groups is 2. The summed E-state index contributed by atoms with van der Waals surface area (Å²) in [6.45, 7) is 4.20. The van der Waals surface area contributed by atoms with Crippen molar-refractivity contribution >= 4 is 23.4 Å². The number of likely N-dealkylation sites (tertiary alicyclic amines) is 1. The van der Waals surface area contributed by atoms with Gasteiger partial charge in [0.25, 0.3) is 11.8 Å². The van der Waals surface area contributed by atoms with E-state index in [0.29, 0.717) is 28.6 Å². The Morgan fingerprint density at radius 3 is 2.32 bits per heavy atom. The molecule has 1 saturated heterocycles. The maximum Gasteiger partial charge on any atom is 0.253 e. The molecule has 130 valence electrons. The molecule has 0 spiro atoms. The van der Waals surface area contributed by atoms with Crippen LogP contribution >= 0.6 is 11.6 Å². The second-order valence-corrected chi connectivity index (χ2v) is 6.97. The molecule has 2 aromatic rings. The molecule has 5 heteroatoms. The lowest BCUT2D eigenvalue weighted by Crippen LogP contribution is -2.28. The molecule has 1 fully saturated rings. The van der Waals surface area contributed by atoms with E-state index in [9.17, 15) is 9.59 Å². The van der Waals surface area contributed by atoms with Gasteiger partial charge in [0.05, 0.1) is 0 Å². The van der Waals surface area contributed by atoms with Gasteiger partial charge in [-0.3, -0.25) is 9.59 Å². The third-order valence-electron chi connectivity index (χ3n) is 4.47. The molecule has 1 aliphatic heterocycles. The molecule has 1 N–H and O–H groups in total. The minimum absolute atomic E-state index is 0.0393. The monoisotopic (exact) mass is 356 g/mol. The SMILES string of the molecule is CC1CCN(C(=O)c2ccc(C(=O)NCc3ccc(Cl)cc3)cc2)C1. The first kappa shape index (κ1) is 17.5. The zero-order valence-electron chi connectivity index (χ0n) is 14.2. The minimum Gasteiger partial charge on any atom is -0.348 e. The standard InChI is InChI=1S/C20H21ClN2O2/c1-14-10-11-23(13-14)20(25)17-6-4-16(5-7-17)19(24)22-12-15-2-8-18(21)9-3-15/h2-9,14H,10-13H2,1H3,(H,22,24). The fourth-order valence-electron chi connectivity index (χ4n) is 2.95. The Morgan fingerprint density at radius 2 is 1.72 bits per heavy atom. The summed E-state index contributed by atoms with van der Waals surface area (Å²) in [6.07, 6.45) is 1.05. The summed E-state index contributed by atoms with van der Waals surface area (Å²) in [5, 5.41) is 3.54. The average molecular weight is 357 g/mol. The quantitative estimate of drug-likeness (QED) is 0.906. The third kappa shape index (κ3) is 4.40. The number of halogens is 1. The number of hydrogen-bond acceptors (Lipinski definition) is 2. The summed E-state index contributed by atoms with van der Waals surface area (Å²) in [5.74, 6) is 0.433. The predicted octanol–water partition coefficient (Wildman–Crippen LogP) is 3.75. The maximum atomic E-state index is 12.4. The Bertz CT molecular complexity index is 756. The smallest absolute Gasteiger partial charge is 0.253 e. The molecule has 3 rings (SSSR count). The van der Waals surface area contributed by atoms with Crippen LogP contribution in [0.5, 0.6) is 0 Å². The molecule has 0 aliphatic carbocycles. The van der Waals surface area contributed by atoms with Crippen LogP contribution in [0, 0.1) is 5.92 Å². The number of nitrogens with zero attached hydrogens (tertiary/aromatic N) is 1. The largest absolute Gasteiger partial charge is 0.348 e. The van der Waals surface area contributed by atoms with Crippen molar-refractivity contribution in [3.63, 3.8) is 0 Å². The maximum absolute atomic E-state index is 12.4. The lowest BCUT2D eigenvalue weighted by Gasteiger charge is -2.16. The molecule has 1 aliphatic rings. The van der Waals surface area contributed by atoms with Crippen molar-refractivity contribution in [2.45, 2.75) is 19.9 Å². The minimum atomic E-state index is -0.163. The Hall–Kier alpha value is -2.33. The summed E-state index contributed by atoms with van der Waals surface area (Å²) in [7, 11) is 0. The number of amides is 2. The van der Waals surface area contributed by atoms with E-state index >= 15 is 0 Å². The molecular formula is C20H21ClN2O2. The highest BCUT2D eigenvalue weighted by Gasteiger charge is 2.24. The first-order valence-corrected chi connectivity index (χ1v) is 8.82. The van der Waals surface area contributed by atoms with Gasteiger partial charge in [0, 0.05) is 35.8 Å². The van der Waals surface area contributed by atoms with Crippen molar-refractivity contribution in [2.75, 3.05) is 13.1 Å². The predicted molar refractivity (Wildman–Crippen MR) is 98.7 cm³/mol. The number of rotatable bonds is 4. The van der Waals surface area contributed by atoms with Gasteiger partial charge in [0.15, 0.2) is 0 Å². The van der Waals surface area contributed by atoms with Crippen LogP contribution in [-0.2, 0) is 6.54 Å². The van der Waals surface area contributed by atoms with Crippen LogP contribution in [0.1, 0.15) is 39.6 Å². The van der Waals surface area contributed by atoms with Crippen molar-refractivity contribution in [3.05, 3.63) is 70.2 Å². The van der Waals surface area contributed by atoms with Gasteiger partial charge >= 0.3 is 0 Å². The van der Waals surface area contributed by atoms with Crippen molar-refractivity contribution in [1.29, 1.82) is 0 Å². The zero-order chi connectivity index (χ0) is 17.8. The highest BCUT2D eigenvalue weighted by Crippen LogP contribution is 2.18. The van der Waals surface area contributed by atoms with E-state index in [-0.39, 0.29) is 11.8 Å². The summed E-state index contributed by atoms with van der Waals surface area (Å²) in [4.78, 5) is 26.5. The summed E-state index contributed by atoms with van der Waals surface area (Å²) in [6, 6.07) is 14.2. The molecule has 0 aromatic heterocycles. The molecule has 2 amide bonds. The van der Waals surface area contributed by atoms with Gasteiger partial charge < -0.3 is 10.2 Å². The molecule has 0 radical (unpaired) electrons. The molecule has 25 heavy (non-hydrogen) atoms. The fraction of sp³-hybridized carbons (Fsp3) is 0.300. The van der Waals surface area contributed by atoms with E-state index in [1.807, 2.05) is 17.0 Å². The van der Waals surface area contributed by atoms with Gasteiger partial charge in [-0.1, -0.05) is 30.7 Å². The van der Waals surface area contributed by atoms with Gasteiger partial charge in [-0.05, 0) is 54.3 Å². The van der Waals surface area contributed by atoms with Gasteiger partial charge in [-0.15, -0.1) is 0 Å². The number of hydrogen-bond donors (Lipinski definition) is 1. The van der Waals surface area contributed by atoms with E-state index in [0.717, 1.165) is 25.1 Å². The van der Waals surface area contributed by atoms with Crippen molar-refractivity contribution in [3.8, 4) is 0 Å². The second-order valence-electron chi connectivity index (χ2n) is 6.53. The molecule has 1 atom stereocenters. The van der Waals surface area contributed by atoms with E-state index in [1.165, 1.54) is 0 Å². The fourth-order valence-corrected chi connectivity index (χ4v) is 3.08. The normalized spacial score (nSPS) is 16.7. The molecule has 0 saturated carbocycles.